The average Bonchev–Trinajstić information content (AvgIpc) is 2.50. The molecule has 1 saturated heterocycles. The molecule has 0 spiro atoms. The molecule has 1 aliphatic rings. The van der Waals surface area contributed by atoms with E-state index in [0.717, 1.165) is 30.2 Å². The van der Waals surface area contributed by atoms with Crippen LogP contribution in [0.15, 0.2) is 47.4 Å². The fourth-order valence-electron chi connectivity index (χ4n) is 2.97. The van der Waals surface area contributed by atoms with Gasteiger partial charge in [0, 0.05) is 19.1 Å². The molecule has 4 nitrogen and oxygen atoms in total. The number of benzene rings is 2. The van der Waals surface area contributed by atoms with Crippen molar-refractivity contribution >= 4 is 20.8 Å². The third kappa shape index (κ3) is 3.02. The van der Waals surface area contributed by atoms with Gasteiger partial charge in [0.2, 0.25) is 10.0 Å². The van der Waals surface area contributed by atoms with Crippen molar-refractivity contribution < 1.29 is 8.42 Å². The lowest BCUT2D eigenvalue weighted by atomic mass is 10.1. The first-order valence-corrected chi connectivity index (χ1v) is 9.24. The van der Waals surface area contributed by atoms with Gasteiger partial charge in [-0.25, -0.2) is 8.42 Å². The SMILES string of the molecule is CC1CNCCCCN1S(=O)(=O)c1ccc2ccccc2c1. The lowest BCUT2D eigenvalue weighted by Gasteiger charge is -2.30. The molecule has 118 valence electrons. The summed E-state index contributed by atoms with van der Waals surface area (Å²) >= 11 is 0. The monoisotopic (exact) mass is 318 g/mol. The summed E-state index contributed by atoms with van der Waals surface area (Å²) in [6, 6.07) is 13.2. The topological polar surface area (TPSA) is 49.4 Å². The second kappa shape index (κ2) is 6.36. The van der Waals surface area contributed by atoms with E-state index >= 15 is 0 Å². The molecular formula is C17H22N2O2S. The first-order valence-electron chi connectivity index (χ1n) is 7.80. The summed E-state index contributed by atoms with van der Waals surface area (Å²) in [6.45, 7) is 4.23. The molecule has 0 aromatic heterocycles. The zero-order valence-corrected chi connectivity index (χ0v) is 13.6. The molecule has 1 aliphatic heterocycles. The van der Waals surface area contributed by atoms with Crippen molar-refractivity contribution in [1.29, 1.82) is 0 Å². The quantitative estimate of drug-likeness (QED) is 0.926. The normalized spacial score (nSPS) is 21.4. The van der Waals surface area contributed by atoms with E-state index in [1.807, 2.05) is 37.3 Å². The van der Waals surface area contributed by atoms with Crippen LogP contribution in [0.2, 0.25) is 0 Å². The zero-order valence-electron chi connectivity index (χ0n) is 12.8. The molecular weight excluding hydrogens is 296 g/mol. The van der Waals surface area contributed by atoms with Gasteiger partial charge in [-0.15, -0.1) is 0 Å². The van der Waals surface area contributed by atoms with Crippen LogP contribution in [0.1, 0.15) is 19.8 Å². The van der Waals surface area contributed by atoms with E-state index in [2.05, 4.69) is 5.32 Å². The number of fused-ring (bicyclic) bond motifs is 1. The van der Waals surface area contributed by atoms with Crippen molar-refractivity contribution in [1.82, 2.24) is 9.62 Å². The summed E-state index contributed by atoms with van der Waals surface area (Å²) in [5.41, 5.74) is 0. The second-order valence-electron chi connectivity index (χ2n) is 5.88. The molecule has 3 rings (SSSR count). The minimum absolute atomic E-state index is 0.0308. The Labute approximate surface area is 132 Å². The highest BCUT2D eigenvalue weighted by Crippen LogP contribution is 2.24. The smallest absolute Gasteiger partial charge is 0.243 e. The number of nitrogens with zero attached hydrogens (tertiary/aromatic N) is 1. The fraction of sp³-hybridized carbons (Fsp3) is 0.412. The van der Waals surface area contributed by atoms with Gasteiger partial charge in [0.05, 0.1) is 4.90 Å². The Kier molecular flexibility index (Phi) is 4.47. The maximum absolute atomic E-state index is 13.0. The fourth-order valence-corrected chi connectivity index (χ4v) is 4.68. The lowest BCUT2D eigenvalue weighted by molar-refractivity contribution is 0.301. The Morgan fingerprint density at radius 2 is 1.86 bits per heavy atom. The Hall–Kier alpha value is -1.43. The number of nitrogens with one attached hydrogen (secondary N) is 1. The molecule has 1 fully saturated rings. The van der Waals surface area contributed by atoms with E-state index in [1.54, 1.807) is 16.4 Å². The third-order valence-electron chi connectivity index (χ3n) is 4.24. The van der Waals surface area contributed by atoms with Crippen LogP contribution >= 0.6 is 0 Å². The van der Waals surface area contributed by atoms with Gasteiger partial charge in [0.25, 0.3) is 0 Å². The van der Waals surface area contributed by atoms with Gasteiger partial charge in [0.15, 0.2) is 0 Å². The van der Waals surface area contributed by atoms with Crippen LogP contribution in [0.4, 0.5) is 0 Å². The largest absolute Gasteiger partial charge is 0.315 e. The van der Waals surface area contributed by atoms with Crippen LogP contribution in [0, 0.1) is 0 Å². The molecule has 2 aromatic rings. The molecule has 5 heteroatoms. The minimum atomic E-state index is -3.45. The first kappa shape index (κ1) is 15.5. The summed E-state index contributed by atoms with van der Waals surface area (Å²) in [5, 5.41) is 5.33. The van der Waals surface area contributed by atoms with Gasteiger partial charge in [-0.2, -0.15) is 4.31 Å². The van der Waals surface area contributed by atoms with E-state index in [4.69, 9.17) is 0 Å². The van der Waals surface area contributed by atoms with Gasteiger partial charge in [-0.3, -0.25) is 0 Å². The van der Waals surface area contributed by atoms with E-state index in [1.165, 1.54) is 0 Å². The van der Waals surface area contributed by atoms with Crippen molar-refractivity contribution in [3.05, 3.63) is 42.5 Å². The molecule has 1 N–H and O–H groups in total. The van der Waals surface area contributed by atoms with Crippen molar-refractivity contribution in [2.24, 2.45) is 0 Å². The summed E-state index contributed by atoms with van der Waals surface area (Å²) < 4.78 is 27.7. The van der Waals surface area contributed by atoms with Crippen LogP contribution in [0.3, 0.4) is 0 Å². The first-order chi connectivity index (χ1) is 10.6. The van der Waals surface area contributed by atoms with Gasteiger partial charge in [0.1, 0.15) is 0 Å². The van der Waals surface area contributed by atoms with Crippen LogP contribution < -0.4 is 5.32 Å². The number of rotatable bonds is 2. The van der Waals surface area contributed by atoms with Crippen molar-refractivity contribution in [3.8, 4) is 0 Å². The van der Waals surface area contributed by atoms with E-state index < -0.39 is 10.0 Å². The lowest BCUT2D eigenvalue weighted by Crippen LogP contribution is -2.46. The van der Waals surface area contributed by atoms with E-state index in [-0.39, 0.29) is 6.04 Å². The summed E-state index contributed by atoms with van der Waals surface area (Å²) in [5.74, 6) is 0. The molecule has 1 unspecified atom stereocenters. The summed E-state index contributed by atoms with van der Waals surface area (Å²) in [7, 11) is -3.45. The van der Waals surface area contributed by atoms with Crippen LogP contribution in [-0.4, -0.2) is 38.4 Å². The van der Waals surface area contributed by atoms with Gasteiger partial charge < -0.3 is 5.32 Å². The van der Waals surface area contributed by atoms with Crippen LogP contribution in [0.5, 0.6) is 0 Å². The van der Waals surface area contributed by atoms with Gasteiger partial charge in [-0.05, 0) is 49.2 Å². The van der Waals surface area contributed by atoms with Crippen LogP contribution in [0.25, 0.3) is 10.8 Å². The standard InChI is InChI=1S/C17H22N2O2S/c1-14-13-18-10-4-5-11-19(14)22(20,21)17-9-8-15-6-2-3-7-16(15)12-17/h2-3,6-9,12,14,18H,4-5,10-11,13H2,1H3. The molecule has 22 heavy (non-hydrogen) atoms. The Morgan fingerprint density at radius 3 is 2.68 bits per heavy atom. The zero-order chi connectivity index (χ0) is 15.6. The van der Waals surface area contributed by atoms with Gasteiger partial charge >= 0.3 is 0 Å². The average molecular weight is 318 g/mol. The number of sulfonamides is 1. The molecule has 2 aromatic carbocycles. The predicted octanol–water partition coefficient (Wildman–Crippen LogP) is 2.60. The van der Waals surface area contributed by atoms with Crippen molar-refractivity contribution in [2.75, 3.05) is 19.6 Å². The molecule has 0 radical (unpaired) electrons. The molecule has 1 heterocycles. The number of hydrogen-bond donors (Lipinski definition) is 1. The van der Waals surface area contributed by atoms with Crippen molar-refractivity contribution in [3.63, 3.8) is 0 Å². The molecule has 0 aliphatic carbocycles. The van der Waals surface area contributed by atoms with E-state index in [0.29, 0.717) is 18.0 Å². The minimum Gasteiger partial charge on any atom is -0.315 e. The Bertz CT molecular complexity index is 758. The highest BCUT2D eigenvalue weighted by atomic mass is 32.2. The van der Waals surface area contributed by atoms with Crippen molar-refractivity contribution in [2.45, 2.75) is 30.7 Å². The highest BCUT2D eigenvalue weighted by molar-refractivity contribution is 7.89. The molecule has 0 saturated carbocycles. The molecule has 0 bridgehead atoms. The van der Waals surface area contributed by atoms with E-state index in [9.17, 15) is 8.42 Å². The summed E-state index contributed by atoms with van der Waals surface area (Å²) in [6.07, 6.45) is 1.90. The summed E-state index contributed by atoms with van der Waals surface area (Å²) in [4.78, 5) is 0.388. The third-order valence-corrected chi connectivity index (χ3v) is 6.25. The number of hydrogen-bond acceptors (Lipinski definition) is 3. The van der Waals surface area contributed by atoms with Crippen LogP contribution in [-0.2, 0) is 10.0 Å². The predicted molar refractivity (Wildman–Crippen MR) is 89.4 cm³/mol. The molecule has 1 atom stereocenters. The Morgan fingerprint density at radius 1 is 1.09 bits per heavy atom. The molecule has 0 amide bonds. The maximum atomic E-state index is 13.0. The maximum Gasteiger partial charge on any atom is 0.243 e. The Balaban J connectivity index is 1.98. The van der Waals surface area contributed by atoms with Gasteiger partial charge in [-0.1, -0.05) is 30.3 Å². The highest BCUT2D eigenvalue weighted by Gasteiger charge is 2.29. The second-order valence-corrected chi connectivity index (χ2v) is 7.78.